The third-order valence-corrected chi connectivity index (χ3v) is 3.16. The molecule has 0 aromatic carbocycles. The zero-order chi connectivity index (χ0) is 15.6. The minimum absolute atomic E-state index is 0.177. The molecule has 1 N–H and O–H groups in total. The van der Waals surface area contributed by atoms with E-state index in [4.69, 9.17) is 5.11 Å². The monoisotopic (exact) mass is 290 g/mol. The molecule has 112 valence electrons. The van der Waals surface area contributed by atoms with Crippen molar-refractivity contribution >= 4 is 22.9 Å². The summed E-state index contributed by atoms with van der Waals surface area (Å²) in [5, 5.41) is 13.8. The molecule has 7 heteroatoms. The number of hydrogen-bond acceptors (Lipinski definition) is 4. The highest BCUT2D eigenvalue weighted by atomic mass is 16.4. The van der Waals surface area contributed by atoms with Crippen LogP contribution in [0.2, 0.25) is 0 Å². The van der Waals surface area contributed by atoms with Crippen molar-refractivity contribution in [3.05, 3.63) is 24.0 Å². The molecule has 21 heavy (non-hydrogen) atoms. The summed E-state index contributed by atoms with van der Waals surface area (Å²) >= 11 is 0. The summed E-state index contributed by atoms with van der Waals surface area (Å²) in [7, 11) is 0. The Morgan fingerprint density at radius 1 is 1.38 bits per heavy atom. The van der Waals surface area contributed by atoms with Gasteiger partial charge in [0.05, 0.1) is 11.8 Å². The molecule has 2 aromatic rings. The molecule has 0 aliphatic heterocycles. The molecule has 0 spiro atoms. The molecular formula is C14H18N4O3. The molecule has 0 radical (unpaired) electrons. The van der Waals surface area contributed by atoms with Gasteiger partial charge in [-0.15, -0.1) is 0 Å². The van der Waals surface area contributed by atoms with E-state index in [1.165, 1.54) is 11.1 Å². The minimum atomic E-state index is -1.04. The van der Waals surface area contributed by atoms with Crippen molar-refractivity contribution in [3.63, 3.8) is 0 Å². The lowest BCUT2D eigenvalue weighted by Gasteiger charge is -2.18. The molecule has 0 aliphatic rings. The SMILES string of the molecule is CCN(CC(=O)O)C(=O)c1cnc2c(cnn2C(C)C)c1. The maximum Gasteiger partial charge on any atom is 0.323 e. The lowest BCUT2D eigenvalue weighted by atomic mass is 10.2. The molecule has 0 saturated carbocycles. The van der Waals surface area contributed by atoms with E-state index in [0.717, 1.165) is 5.39 Å². The van der Waals surface area contributed by atoms with E-state index in [0.29, 0.717) is 17.8 Å². The largest absolute Gasteiger partial charge is 0.480 e. The fraction of sp³-hybridized carbons (Fsp3) is 0.429. The Labute approximate surface area is 122 Å². The molecule has 0 saturated heterocycles. The molecule has 1 amide bonds. The van der Waals surface area contributed by atoms with Crippen LogP contribution >= 0.6 is 0 Å². The van der Waals surface area contributed by atoms with Crippen LogP contribution < -0.4 is 0 Å². The van der Waals surface area contributed by atoms with Gasteiger partial charge in [0, 0.05) is 24.2 Å². The van der Waals surface area contributed by atoms with E-state index in [1.807, 2.05) is 13.8 Å². The van der Waals surface area contributed by atoms with Crippen LogP contribution in [-0.2, 0) is 4.79 Å². The van der Waals surface area contributed by atoms with Gasteiger partial charge in [-0.1, -0.05) is 0 Å². The highest BCUT2D eigenvalue weighted by Gasteiger charge is 2.18. The van der Waals surface area contributed by atoms with Gasteiger partial charge in [0.15, 0.2) is 5.65 Å². The maximum absolute atomic E-state index is 12.3. The Morgan fingerprint density at radius 3 is 2.67 bits per heavy atom. The van der Waals surface area contributed by atoms with Crippen LogP contribution in [0.15, 0.2) is 18.5 Å². The number of pyridine rings is 1. The summed E-state index contributed by atoms with van der Waals surface area (Å²) in [6.45, 7) is 5.74. The van der Waals surface area contributed by atoms with Crippen LogP contribution in [0.4, 0.5) is 0 Å². The number of carboxylic acid groups (broad SMARTS) is 1. The number of hydrogen-bond donors (Lipinski definition) is 1. The summed E-state index contributed by atoms with van der Waals surface area (Å²) in [5.74, 6) is -1.38. The van der Waals surface area contributed by atoms with Crippen LogP contribution in [0, 0.1) is 0 Å². The molecular weight excluding hydrogens is 272 g/mol. The van der Waals surface area contributed by atoms with E-state index < -0.39 is 5.97 Å². The summed E-state index contributed by atoms with van der Waals surface area (Å²) < 4.78 is 1.78. The quantitative estimate of drug-likeness (QED) is 0.902. The number of fused-ring (bicyclic) bond motifs is 1. The first-order valence-corrected chi connectivity index (χ1v) is 6.78. The molecule has 0 unspecified atom stereocenters. The summed E-state index contributed by atoms with van der Waals surface area (Å²) in [5.41, 5.74) is 1.08. The number of aromatic nitrogens is 3. The smallest absolute Gasteiger partial charge is 0.323 e. The van der Waals surface area contributed by atoms with Crippen molar-refractivity contribution in [3.8, 4) is 0 Å². The van der Waals surface area contributed by atoms with E-state index in [-0.39, 0.29) is 18.5 Å². The zero-order valence-electron chi connectivity index (χ0n) is 12.3. The fourth-order valence-corrected chi connectivity index (χ4v) is 2.11. The Morgan fingerprint density at radius 2 is 2.10 bits per heavy atom. The topological polar surface area (TPSA) is 88.3 Å². The van der Waals surface area contributed by atoms with E-state index >= 15 is 0 Å². The maximum atomic E-state index is 12.3. The predicted octanol–water partition coefficient (Wildman–Crippen LogP) is 1.56. The number of nitrogens with zero attached hydrogens (tertiary/aromatic N) is 4. The number of rotatable bonds is 5. The molecule has 0 aliphatic carbocycles. The molecule has 0 bridgehead atoms. The highest BCUT2D eigenvalue weighted by Crippen LogP contribution is 2.17. The van der Waals surface area contributed by atoms with Crippen molar-refractivity contribution < 1.29 is 14.7 Å². The van der Waals surface area contributed by atoms with Gasteiger partial charge in [-0.3, -0.25) is 9.59 Å². The second kappa shape index (κ2) is 5.90. The lowest BCUT2D eigenvalue weighted by molar-refractivity contribution is -0.137. The molecule has 0 fully saturated rings. The standard InChI is InChI=1S/C14H18N4O3/c1-4-17(8-12(19)20)14(21)11-5-10-7-16-18(9(2)3)13(10)15-6-11/h5-7,9H,4,8H2,1-3H3,(H,19,20). The van der Waals surface area contributed by atoms with E-state index in [2.05, 4.69) is 10.1 Å². The Kier molecular flexibility index (Phi) is 4.21. The van der Waals surface area contributed by atoms with Crippen molar-refractivity contribution in [2.75, 3.05) is 13.1 Å². The third kappa shape index (κ3) is 3.01. The molecule has 2 aromatic heterocycles. The van der Waals surface area contributed by atoms with Crippen LogP contribution in [0.5, 0.6) is 0 Å². The van der Waals surface area contributed by atoms with Gasteiger partial charge in [0.1, 0.15) is 6.54 Å². The molecule has 0 atom stereocenters. The number of carbonyl (C=O) groups is 2. The molecule has 2 rings (SSSR count). The average molecular weight is 290 g/mol. The van der Waals surface area contributed by atoms with Crippen molar-refractivity contribution in [2.24, 2.45) is 0 Å². The number of amides is 1. The van der Waals surface area contributed by atoms with Crippen LogP contribution in [0.3, 0.4) is 0 Å². The molecule has 7 nitrogen and oxygen atoms in total. The minimum Gasteiger partial charge on any atom is -0.480 e. The predicted molar refractivity (Wildman–Crippen MR) is 77.1 cm³/mol. The Bertz CT molecular complexity index is 678. The first-order valence-electron chi connectivity index (χ1n) is 6.78. The number of aliphatic carboxylic acids is 1. The molecule has 2 heterocycles. The second-order valence-electron chi connectivity index (χ2n) is 5.03. The van der Waals surface area contributed by atoms with Gasteiger partial charge in [-0.25, -0.2) is 9.67 Å². The Balaban J connectivity index is 2.34. The van der Waals surface area contributed by atoms with Crippen molar-refractivity contribution in [1.29, 1.82) is 0 Å². The van der Waals surface area contributed by atoms with Gasteiger partial charge in [-0.05, 0) is 26.8 Å². The normalized spacial score (nSPS) is 11.0. The van der Waals surface area contributed by atoms with Crippen LogP contribution in [0.25, 0.3) is 11.0 Å². The number of carboxylic acids is 1. The first-order chi connectivity index (χ1) is 9.93. The number of likely N-dealkylation sites (N-methyl/N-ethyl adjacent to an activating group) is 1. The second-order valence-corrected chi connectivity index (χ2v) is 5.03. The third-order valence-electron chi connectivity index (χ3n) is 3.16. The van der Waals surface area contributed by atoms with E-state index in [9.17, 15) is 9.59 Å². The average Bonchev–Trinajstić information content (AvgIpc) is 2.86. The van der Waals surface area contributed by atoms with Gasteiger partial charge in [-0.2, -0.15) is 5.10 Å². The van der Waals surface area contributed by atoms with Gasteiger partial charge < -0.3 is 10.0 Å². The lowest BCUT2D eigenvalue weighted by Crippen LogP contribution is -2.35. The Hall–Kier alpha value is -2.44. The highest BCUT2D eigenvalue weighted by molar-refractivity contribution is 5.98. The van der Waals surface area contributed by atoms with Gasteiger partial charge in [0.25, 0.3) is 5.91 Å². The summed E-state index contributed by atoms with van der Waals surface area (Å²) in [6, 6.07) is 1.87. The van der Waals surface area contributed by atoms with Gasteiger partial charge in [0.2, 0.25) is 0 Å². The van der Waals surface area contributed by atoms with E-state index in [1.54, 1.807) is 23.9 Å². The van der Waals surface area contributed by atoms with Crippen LogP contribution in [0.1, 0.15) is 37.2 Å². The van der Waals surface area contributed by atoms with Crippen molar-refractivity contribution in [1.82, 2.24) is 19.7 Å². The first kappa shape index (κ1) is 15.0. The van der Waals surface area contributed by atoms with Crippen molar-refractivity contribution in [2.45, 2.75) is 26.8 Å². The summed E-state index contributed by atoms with van der Waals surface area (Å²) in [6.07, 6.45) is 3.13. The van der Waals surface area contributed by atoms with Crippen LogP contribution in [-0.4, -0.2) is 49.7 Å². The van der Waals surface area contributed by atoms with Gasteiger partial charge >= 0.3 is 5.97 Å². The zero-order valence-corrected chi connectivity index (χ0v) is 12.3. The fourth-order valence-electron chi connectivity index (χ4n) is 2.11. The number of carbonyl (C=O) groups excluding carboxylic acids is 1. The summed E-state index contributed by atoms with van der Waals surface area (Å²) in [4.78, 5) is 28.6.